The van der Waals surface area contributed by atoms with Crippen LogP contribution in [0, 0.1) is 13.8 Å². The van der Waals surface area contributed by atoms with Crippen molar-refractivity contribution in [1.29, 1.82) is 0 Å². The number of anilines is 3. The highest BCUT2D eigenvalue weighted by molar-refractivity contribution is 6.35. The lowest BCUT2D eigenvalue weighted by Gasteiger charge is -2.34. The Morgan fingerprint density at radius 2 is 1.31 bits per heavy atom. The molecule has 0 spiro atoms. The second kappa shape index (κ2) is 37.0. The van der Waals surface area contributed by atoms with Crippen molar-refractivity contribution in [2.24, 2.45) is 4.99 Å². The zero-order valence-corrected chi connectivity index (χ0v) is 56.2. The SMILES string of the molecule is CCC(=O)Nc1cc(Oc2ccc(NC(=O)C(CC)Oc3ccc(C(C)(C)CC)cc3C(C)(C)CC)cn2)c(C)cc1O.CCCCCCCCCCCCN1CCN(C(=O)Oc2cc(Cl)c(O)cc2Cl)CC1.COC=Nc1cc(O)c(NC(C)=O)cc1C. The van der Waals surface area contributed by atoms with Gasteiger partial charge in [0.1, 0.15) is 28.7 Å². The van der Waals surface area contributed by atoms with Gasteiger partial charge >= 0.3 is 6.09 Å². The summed E-state index contributed by atoms with van der Waals surface area (Å²) in [5.41, 5.74) is 5.51. The lowest BCUT2D eigenvalue weighted by Crippen LogP contribution is -2.49. The van der Waals surface area contributed by atoms with Crippen LogP contribution >= 0.6 is 23.2 Å². The number of carbonyl (C=O) groups is 4. The average molecular weight is 1270 g/mol. The Morgan fingerprint density at radius 1 is 0.685 bits per heavy atom. The van der Waals surface area contributed by atoms with Gasteiger partial charge in [0.15, 0.2) is 18.3 Å². The van der Waals surface area contributed by atoms with Crippen molar-refractivity contribution < 1.29 is 53.4 Å². The summed E-state index contributed by atoms with van der Waals surface area (Å²) in [6, 6.07) is 18.5. The Labute approximate surface area is 538 Å². The summed E-state index contributed by atoms with van der Waals surface area (Å²) in [4.78, 5) is 60.8. The van der Waals surface area contributed by atoms with Gasteiger partial charge in [0.25, 0.3) is 5.91 Å². The van der Waals surface area contributed by atoms with Gasteiger partial charge < -0.3 is 55.1 Å². The van der Waals surface area contributed by atoms with E-state index in [9.17, 15) is 34.5 Å². The Morgan fingerprint density at radius 3 is 1.90 bits per heavy atom. The number of methoxy groups -OCH3 is 1. The molecule has 4 amide bonds. The van der Waals surface area contributed by atoms with Crippen LogP contribution in [0.1, 0.15) is 181 Å². The van der Waals surface area contributed by atoms with Crippen LogP contribution in [0.5, 0.6) is 40.4 Å². The molecule has 0 aliphatic carbocycles. The fourth-order valence-corrected chi connectivity index (χ4v) is 9.73. The number of hydrogen-bond donors (Lipinski definition) is 6. The zero-order valence-electron chi connectivity index (χ0n) is 54.7. The van der Waals surface area contributed by atoms with Crippen LogP contribution < -0.4 is 30.2 Å². The Kier molecular flexibility index (Phi) is 30.9. The van der Waals surface area contributed by atoms with E-state index in [2.05, 4.69) is 91.4 Å². The molecule has 89 heavy (non-hydrogen) atoms. The number of rotatable bonds is 28. The summed E-state index contributed by atoms with van der Waals surface area (Å²) in [6.45, 7) is 28.3. The molecule has 1 fully saturated rings. The summed E-state index contributed by atoms with van der Waals surface area (Å²) in [5, 5.41) is 37.7. The number of nitrogens with one attached hydrogen (secondary N) is 3. The maximum absolute atomic E-state index is 13.3. The first-order valence-electron chi connectivity index (χ1n) is 31.2. The molecule has 1 aromatic heterocycles. The molecule has 4 aromatic carbocycles. The molecule has 488 valence electrons. The summed E-state index contributed by atoms with van der Waals surface area (Å²) in [6.07, 6.45) is 17.8. The number of aryl methyl sites for hydroxylation is 2. The molecular weight excluding hydrogens is 1170 g/mol. The van der Waals surface area contributed by atoms with Gasteiger partial charge in [-0.05, 0) is 97.9 Å². The number of halogens is 2. The number of nitrogens with zero attached hydrogens (tertiary/aromatic N) is 4. The fraction of sp³-hybridized carbons (Fsp3) is 0.507. The van der Waals surface area contributed by atoms with Crippen LogP contribution in [-0.2, 0) is 30.0 Å². The quantitative estimate of drug-likeness (QED) is 0.0119. The maximum atomic E-state index is 13.3. The highest BCUT2D eigenvalue weighted by atomic mass is 35.5. The Hall–Kier alpha value is -7.28. The van der Waals surface area contributed by atoms with Crippen molar-refractivity contribution in [3.63, 3.8) is 0 Å². The first kappa shape index (κ1) is 74.2. The lowest BCUT2D eigenvalue weighted by atomic mass is 9.76. The van der Waals surface area contributed by atoms with E-state index in [1.165, 1.54) is 121 Å². The fourth-order valence-electron chi connectivity index (χ4n) is 9.38. The van der Waals surface area contributed by atoms with E-state index < -0.39 is 12.2 Å². The van der Waals surface area contributed by atoms with E-state index >= 15 is 0 Å². The number of phenols is 3. The predicted octanol–water partition coefficient (Wildman–Crippen LogP) is 17.1. The maximum Gasteiger partial charge on any atom is 0.415 e. The number of aromatic hydroxyl groups is 3. The summed E-state index contributed by atoms with van der Waals surface area (Å²) in [5.74, 6) is 0.701. The monoisotopic (exact) mass is 1270 g/mol. The number of pyridine rings is 1. The van der Waals surface area contributed by atoms with Crippen LogP contribution in [0.15, 0.2) is 77.9 Å². The molecule has 1 atom stereocenters. The van der Waals surface area contributed by atoms with Crippen molar-refractivity contribution in [2.75, 3.05) is 55.8 Å². The summed E-state index contributed by atoms with van der Waals surface area (Å²) >= 11 is 11.9. The number of amides is 4. The summed E-state index contributed by atoms with van der Waals surface area (Å²) < 4.78 is 22.4. The molecule has 18 nitrogen and oxygen atoms in total. The van der Waals surface area contributed by atoms with E-state index in [4.69, 9.17) is 42.1 Å². The van der Waals surface area contributed by atoms with Crippen molar-refractivity contribution in [1.82, 2.24) is 14.8 Å². The second-order valence-electron chi connectivity index (χ2n) is 23.6. The Balaban J connectivity index is 0.000000317. The summed E-state index contributed by atoms with van der Waals surface area (Å²) in [7, 11) is 1.49. The van der Waals surface area contributed by atoms with Crippen molar-refractivity contribution in [3.05, 3.63) is 105 Å². The first-order valence-corrected chi connectivity index (χ1v) is 32.0. The van der Waals surface area contributed by atoms with Crippen LogP contribution in [0.25, 0.3) is 0 Å². The number of ether oxygens (including phenoxy) is 4. The van der Waals surface area contributed by atoms with Crippen molar-refractivity contribution >= 4 is 76.2 Å². The van der Waals surface area contributed by atoms with E-state index in [0.29, 0.717) is 53.8 Å². The largest absolute Gasteiger partial charge is 0.506 e. The number of piperazine rings is 1. The molecule has 1 aliphatic heterocycles. The third kappa shape index (κ3) is 24.2. The average Bonchev–Trinajstić information content (AvgIpc) is 1.84. The van der Waals surface area contributed by atoms with Gasteiger partial charge in [-0.2, -0.15) is 0 Å². The molecule has 5 aromatic rings. The van der Waals surface area contributed by atoms with Gasteiger partial charge in [-0.15, -0.1) is 0 Å². The number of aliphatic imine (C=N–C) groups is 1. The minimum absolute atomic E-state index is 0.0240. The molecule has 1 aliphatic rings. The molecule has 1 saturated heterocycles. The van der Waals surface area contributed by atoms with Gasteiger partial charge in [-0.3, -0.25) is 19.3 Å². The number of carbonyl (C=O) groups excluding carboxylic acids is 4. The normalized spacial score (nSPS) is 12.9. The zero-order chi connectivity index (χ0) is 65.8. The molecule has 0 bridgehead atoms. The number of aromatic nitrogens is 1. The topological polar surface area (TPSA) is 234 Å². The Bertz CT molecular complexity index is 3110. The molecule has 20 heteroatoms. The third-order valence-corrected chi connectivity index (χ3v) is 16.5. The van der Waals surface area contributed by atoms with Crippen molar-refractivity contribution in [2.45, 2.75) is 190 Å². The number of phenolic OH excluding ortho intramolecular Hbond substituents is 3. The van der Waals surface area contributed by atoms with Crippen LogP contribution in [-0.4, -0.2) is 106 Å². The smallest absolute Gasteiger partial charge is 0.415 e. The molecule has 0 saturated carbocycles. The predicted molar refractivity (Wildman–Crippen MR) is 359 cm³/mol. The van der Waals surface area contributed by atoms with Gasteiger partial charge in [0.05, 0.1) is 46.1 Å². The molecule has 1 unspecified atom stereocenters. The molecular formula is C69H97Cl2N7O11. The molecule has 2 heterocycles. The van der Waals surface area contributed by atoms with Crippen molar-refractivity contribution in [3.8, 4) is 40.4 Å². The van der Waals surface area contributed by atoms with Gasteiger partial charge in [0, 0.05) is 75.4 Å². The number of hydrogen-bond acceptors (Lipinski definition) is 14. The number of unbranched alkanes of at least 4 members (excludes halogenated alkanes) is 9. The molecule has 6 rings (SSSR count). The third-order valence-electron chi connectivity index (χ3n) is 15.9. The van der Waals surface area contributed by atoms with Crippen LogP contribution in [0.4, 0.5) is 27.5 Å². The van der Waals surface area contributed by atoms with Crippen LogP contribution in [0.3, 0.4) is 0 Å². The lowest BCUT2D eigenvalue weighted by molar-refractivity contribution is -0.123. The van der Waals surface area contributed by atoms with Crippen LogP contribution in [0.2, 0.25) is 10.0 Å². The van der Waals surface area contributed by atoms with E-state index in [1.807, 2.05) is 19.9 Å². The highest BCUT2D eigenvalue weighted by Crippen LogP contribution is 2.40. The number of benzene rings is 4. The van der Waals surface area contributed by atoms with E-state index in [0.717, 1.165) is 49.4 Å². The van der Waals surface area contributed by atoms with Gasteiger partial charge in [-0.25, -0.2) is 14.8 Å². The van der Waals surface area contributed by atoms with E-state index in [1.54, 1.807) is 43.0 Å². The first-order chi connectivity index (χ1) is 42.3. The van der Waals surface area contributed by atoms with Gasteiger partial charge in [0.2, 0.25) is 17.7 Å². The van der Waals surface area contributed by atoms with E-state index in [-0.39, 0.29) is 73.7 Å². The highest BCUT2D eigenvalue weighted by Gasteiger charge is 2.30. The molecule has 0 radical (unpaired) electrons. The standard InChI is InChI=1S/C35H47N3O5.C23H36Cl2N2O3.C11H14N2O3/c1-10-28(42-29-16-14-23(34(6,7)12-3)19-25(29)35(8,9)13-4)33(41)37-24-15-17-32(36-21-24)43-30-20-26(38-31(40)11-2)27(39)18-22(30)5;1-2-3-4-5-6-7-8-9-10-11-12-26-13-15-27(16-14-26)23(29)30-22-18-19(24)21(28)17-20(22)25;1-7-4-10(13-8(2)14)11(15)5-9(7)12-6-16-3/h14-21,28,39H,10-13H2,1-9H3,(H,37,41)(H,38,40);17-18,28H,2-16H2,1H3;4-6,15H,1-3H3,(H,13,14). The minimum Gasteiger partial charge on any atom is -0.506 e. The molecule has 6 N–H and O–H groups in total. The minimum atomic E-state index is -0.691. The second-order valence-corrected chi connectivity index (χ2v) is 24.4. The van der Waals surface area contributed by atoms with Gasteiger partial charge in [-0.1, -0.05) is 155 Å².